The molecule has 1 saturated heterocycles. The van der Waals surface area contributed by atoms with Gasteiger partial charge in [-0.3, -0.25) is 14.5 Å². The van der Waals surface area contributed by atoms with Crippen molar-refractivity contribution in [2.75, 3.05) is 26.2 Å². The molecule has 0 aromatic rings. The highest BCUT2D eigenvalue weighted by atomic mass is 16.2. The van der Waals surface area contributed by atoms with Gasteiger partial charge < -0.3 is 10.2 Å². The van der Waals surface area contributed by atoms with Gasteiger partial charge in [-0.25, -0.2) is 4.79 Å². The van der Waals surface area contributed by atoms with Crippen LogP contribution in [0.4, 0.5) is 4.79 Å². The van der Waals surface area contributed by atoms with Crippen LogP contribution in [0.1, 0.15) is 13.3 Å². The Labute approximate surface area is 106 Å². The molecule has 0 aliphatic carbocycles. The second-order valence-corrected chi connectivity index (χ2v) is 4.73. The third-order valence-corrected chi connectivity index (χ3v) is 3.22. The van der Waals surface area contributed by atoms with Crippen molar-refractivity contribution in [3.63, 3.8) is 0 Å². The first-order chi connectivity index (χ1) is 8.58. The summed E-state index contributed by atoms with van der Waals surface area (Å²) < 4.78 is 0. The highest BCUT2D eigenvalue weighted by molar-refractivity contribution is 6.12. The number of urea groups is 1. The largest absolute Gasteiger partial charge is 0.336 e. The van der Waals surface area contributed by atoms with Crippen LogP contribution in [0.15, 0.2) is 12.2 Å². The highest BCUT2D eigenvalue weighted by Crippen LogP contribution is 2.14. The molecular weight excluding hydrogens is 234 g/mol. The number of imide groups is 1. The average molecular weight is 251 g/mol. The number of hydrogen-bond acceptors (Lipinski definition) is 3. The van der Waals surface area contributed by atoms with Gasteiger partial charge in [-0.05, 0) is 12.3 Å². The lowest BCUT2D eigenvalue weighted by Gasteiger charge is -2.18. The van der Waals surface area contributed by atoms with Crippen LogP contribution in [0.2, 0.25) is 0 Å². The molecule has 2 heterocycles. The number of rotatable bonds is 3. The van der Waals surface area contributed by atoms with Crippen molar-refractivity contribution < 1.29 is 14.4 Å². The SMILES string of the molecule is C[C@H]1CCN(C(=O)NCCN2C(=O)C=CC2=O)C1. The van der Waals surface area contributed by atoms with Crippen LogP contribution in [-0.2, 0) is 9.59 Å². The molecule has 0 unspecified atom stereocenters. The summed E-state index contributed by atoms with van der Waals surface area (Å²) in [6, 6.07) is -0.119. The Kier molecular flexibility index (Phi) is 3.64. The number of nitrogens with one attached hydrogen (secondary N) is 1. The van der Waals surface area contributed by atoms with Gasteiger partial charge in [-0.2, -0.15) is 0 Å². The van der Waals surface area contributed by atoms with Gasteiger partial charge in [0.05, 0.1) is 0 Å². The first-order valence-corrected chi connectivity index (χ1v) is 6.14. The van der Waals surface area contributed by atoms with E-state index in [1.807, 2.05) is 0 Å². The summed E-state index contributed by atoms with van der Waals surface area (Å²) in [7, 11) is 0. The molecule has 0 aromatic carbocycles. The number of hydrogen-bond donors (Lipinski definition) is 1. The van der Waals surface area contributed by atoms with Gasteiger partial charge in [0.1, 0.15) is 0 Å². The van der Waals surface area contributed by atoms with E-state index < -0.39 is 0 Å². The number of likely N-dealkylation sites (tertiary alicyclic amines) is 1. The quantitative estimate of drug-likeness (QED) is 0.716. The van der Waals surface area contributed by atoms with Gasteiger partial charge in [-0.15, -0.1) is 0 Å². The minimum Gasteiger partial charge on any atom is -0.336 e. The molecule has 0 aromatic heterocycles. The predicted octanol–water partition coefficient (Wildman–Crippen LogP) is -0.0372. The Bertz CT molecular complexity index is 387. The van der Waals surface area contributed by atoms with Crippen LogP contribution in [0.5, 0.6) is 0 Å². The second-order valence-electron chi connectivity index (χ2n) is 4.73. The van der Waals surface area contributed by atoms with E-state index in [9.17, 15) is 14.4 Å². The molecule has 0 bridgehead atoms. The molecule has 18 heavy (non-hydrogen) atoms. The summed E-state index contributed by atoms with van der Waals surface area (Å²) in [6.45, 7) is 4.17. The lowest BCUT2D eigenvalue weighted by atomic mass is 10.2. The highest BCUT2D eigenvalue weighted by Gasteiger charge is 2.25. The Morgan fingerprint density at radius 1 is 1.39 bits per heavy atom. The molecule has 0 saturated carbocycles. The van der Waals surface area contributed by atoms with E-state index in [0.717, 1.165) is 24.4 Å². The Balaban J connectivity index is 1.71. The van der Waals surface area contributed by atoms with E-state index in [2.05, 4.69) is 12.2 Å². The maximum atomic E-state index is 11.7. The molecule has 98 valence electrons. The standard InChI is InChI=1S/C12H17N3O3/c1-9-4-6-14(8-9)12(18)13-5-7-15-10(16)2-3-11(15)17/h2-3,9H,4-8H2,1H3,(H,13,18)/t9-/m0/s1. The molecular formula is C12H17N3O3. The van der Waals surface area contributed by atoms with Crippen LogP contribution in [0, 0.1) is 5.92 Å². The lowest BCUT2D eigenvalue weighted by molar-refractivity contribution is -0.136. The minimum atomic E-state index is -0.316. The molecule has 1 atom stereocenters. The second kappa shape index (κ2) is 5.20. The molecule has 6 nitrogen and oxygen atoms in total. The number of nitrogens with zero attached hydrogens (tertiary/aromatic N) is 2. The molecule has 2 rings (SSSR count). The number of carbonyl (C=O) groups is 3. The van der Waals surface area contributed by atoms with Gasteiger partial charge in [-0.1, -0.05) is 6.92 Å². The zero-order chi connectivity index (χ0) is 13.1. The van der Waals surface area contributed by atoms with Crippen LogP contribution in [0.3, 0.4) is 0 Å². The van der Waals surface area contributed by atoms with Crippen molar-refractivity contribution >= 4 is 17.8 Å². The van der Waals surface area contributed by atoms with Crippen LogP contribution in [0.25, 0.3) is 0 Å². The van der Waals surface area contributed by atoms with E-state index in [1.165, 1.54) is 12.2 Å². The third-order valence-electron chi connectivity index (χ3n) is 3.22. The van der Waals surface area contributed by atoms with Crippen molar-refractivity contribution in [3.8, 4) is 0 Å². The van der Waals surface area contributed by atoms with E-state index in [1.54, 1.807) is 4.90 Å². The Morgan fingerprint density at radius 2 is 2.06 bits per heavy atom. The van der Waals surface area contributed by atoms with Crippen LogP contribution >= 0.6 is 0 Å². The third kappa shape index (κ3) is 2.69. The van der Waals surface area contributed by atoms with Gasteiger partial charge in [0.25, 0.3) is 11.8 Å². The molecule has 1 N–H and O–H groups in total. The van der Waals surface area contributed by atoms with E-state index in [0.29, 0.717) is 12.5 Å². The van der Waals surface area contributed by atoms with Crippen molar-refractivity contribution in [3.05, 3.63) is 12.2 Å². The van der Waals surface area contributed by atoms with Crippen molar-refractivity contribution in [2.45, 2.75) is 13.3 Å². The van der Waals surface area contributed by atoms with Crippen molar-refractivity contribution in [1.82, 2.24) is 15.1 Å². The first kappa shape index (κ1) is 12.6. The zero-order valence-corrected chi connectivity index (χ0v) is 10.4. The summed E-state index contributed by atoms with van der Waals surface area (Å²) in [5, 5.41) is 2.73. The Morgan fingerprint density at radius 3 is 2.61 bits per heavy atom. The molecule has 4 amide bonds. The van der Waals surface area contributed by atoms with Gasteiger partial charge in [0.15, 0.2) is 0 Å². The topological polar surface area (TPSA) is 69.7 Å². The molecule has 0 radical (unpaired) electrons. The molecule has 6 heteroatoms. The van der Waals surface area contributed by atoms with Crippen LogP contribution < -0.4 is 5.32 Å². The Hall–Kier alpha value is -1.85. The average Bonchev–Trinajstić information content (AvgIpc) is 2.89. The van der Waals surface area contributed by atoms with Crippen molar-refractivity contribution in [1.29, 1.82) is 0 Å². The van der Waals surface area contributed by atoms with Gasteiger partial charge >= 0.3 is 6.03 Å². The summed E-state index contributed by atoms with van der Waals surface area (Å²) in [5.74, 6) is -0.0882. The van der Waals surface area contributed by atoms with Crippen LogP contribution in [-0.4, -0.2) is 53.8 Å². The summed E-state index contributed by atoms with van der Waals surface area (Å²) in [5.41, 5.74) is 0. The van der Waals surface area contributed by atoms with E-state index in [4.69, 9.17) is 0 Å². The van der Waals surface area contributed by atoms with Gasteiger partial charge in [0, 0.05) is 38.3 Å². The number of carbonyl (C=O) groups excluding carboxylic acids is 3. The molecule has 0 spiro atoms. The monoisotopic (exact) mass is 251 g/mol. The summed E-state index contributed by atoms with van der Waals surface area (Å²) in [6.07, 6.45) is 3.51. The number of amides is 4. The lowest BCUT2D eigenvalue weighted by Crippen LogP contribution is -2.43. The minimum absolute atomic E-state index is 0.119. The van der Waals surface area contributed by atoms with E-state index >= 15 is 0 Å². The normalized spacial score (nSPS) is 23.1. The molecule has 2 aliphatic heterocycles. The summed E-state index contributed by atoms with van der Waals surface area (Å²) >= 11 is 0. The summed E-state index contributed by atoms with van der Waals surface area (Å²) in [4.78, 5) is 37.1. The van der Waals surface area contributed by atoms with Gasteiger partial charge in [0.2, 0.25) is 0 Å². The fourth-order valence-corrected chi connectivity index (χ4v) is 2.16. The zero-order valence-electron chi connectivity index (χ0n) is 10.4. The van der Waals surface area contributed by atoms with E-state index in [-0.39, 0.29) is 24.4 Å². The molecule has 2 aliphatic rings. The van der Waals surface area contributed by atoms with Crippen molar-refractivity contribution in [2.24, 2.45) is 5.92 Å². The molecule has 1 fully saturated rings. The predicted molar refractivity (Wildman–Crippen MR) is 64.6 cm³/mol. The smallest absolute Gasteiger partial charge is 0.317 e. The maximum Gasteiger partial charge on any atom is 0.317 e. The first-order valence-electron chi connectivity index (χ1n) is 6.14. The maximum absolute atomic E-state index is 11.7. The fourth-order valence-electron chi connectivity index (χ4n) is 2.16. The fraction of sp³-hybridized carbons (Fsp3) is 0.583.